The highest BCUT2D eigenvalue weighted by Gasteiger charge is 2.36. The van der Waals surface area contributed by atoms with Crippen molar-refractivity contribution in [2.75, 3.05) is 0 Å². The summed E-state index contributed by atoms with van der Waals surface area (Å²) in [5, 5.41) is 10.7. The molecule has 0 amide bonds. The van der Waals surface area contributed by atoms with Crippen LogP contribution in [-0.2, 0) is 0 Å². The second-order valence-electron chi connectivity index (χ2n) is 3.39. The van der Waals surface area contributed by atoms with E-state index in [-0.39, 0.29) is 12.2 Å². The molecule has 0 spiro atoms. The second kappa shape index (κ2) is 3.10. The summed E-state index contributed by atoms with van der Waals surface area (Å²) in [5.74, 6) is 0. The maximum absolute atomic E-state index is 5.98. The molecule has 0 aromatic heterocycles. The van der Waals surface area contributed by atoms with Gasteiger partial charge in [-0.1, -0.05) is 16.8 Å². The van der Waals surface area contributed by atoms with E-state index in [2.05, 4.69) is 29.2 Å². The average Bonchev–Trinajstić information content (AvgIpc) is 2.48. The summed E-state index contributed by atoms with van der Waals surface area (Å²) in [5.41, 5.74) is 0. The Bertz CT molecular complexity index is 295. The van der Waals surface area contributed by atoms with E-state index in [0.29, 0.717) is 11.1 Å². The molecule has 0 bridgehead atoms. The molecule has 0 aliphatic carbocycles. The van der Waals surface area contributed by atoms with Crippen molar-refractivity contribution in [1.29, 1.82) is 0 Å². The van der Waals surface area contributed by atoms with Gasteiger partial charge in [-0.15, -0.1) is 0 Å². The largest absolute Gasteiger partial charge is 0.264 e. The number of rotatable bonds is 1. The van der Waals surface area contributed by atoms with Gasteiger partial charge in [0.15, 0.2) is 12.2 Å². The number of fused-ring (bicyclic) bond motifs is 1. The minimum absolute atomic E-state index is 0.0301. The summed E-state index contributed by atoms with van der Waals surface area (Å²) in [6.45, 7) is 4.12. The molecule has 5 heteroatoms. The van der Waals surface area contributed by atoms with Gasteiger partial charge < -0.3 is 0 Å². The second-order valence-corrected chi connectivity index (χ2v) is 3.82. The maximum atomic E-state index is 5.98. The third-order valence-corrected chi connectivity index (χ3v) is 2.47. The first kappa shape index (κ1) is 8.69. The van der Waals surface area contributed by atoms with Crippen molar-refractivity contribution in [2.45, 2.75) is 32.1 Å². The molecule has 0 N–H and O–H groups in total. The van der Waals surface area contributed by atoms with Crippen LogP contribution < -0.4 is 0 Å². The highest BCUT2D eigenvalue weighted by molar-refractivity contribution is 6.31. The molecule has 0 radical (unpaired) electrons. The van der Waals surface area contributed by atoms with E-state index in [4.69, 9.17) is 11.6 Å². The van der Waals surface area contributed by atoms with Crippen LogP contribution in [0.4, 0.5) is 0 Å². The zero-order valence-electron chi connectivity index (χ0n) is 7.55. The number of nitrogens with zero attached hydrogens (tertiary/aromatic N) is 4. The zero-order chi connectivity index (χ0) is 9.42. The van der Waals surface area contributed by atoms with E-state index in [1.165, 1.54) is 0 Å². The number of allylic oxidation sites excluding steroid dienone is 1. The van der Waals surface area contributed by atoms with Crippen molar-refractivity contribution >= 4 is 17.8 Å². The molecular weight excluding hydrogens is 188 g/mol. The van der Waals surface area contributed by atoms with E-state index < -0.39 is 0 Å². The van der Waals surface area contributed by atoms with Crippen LogP contribution >= 0.6 is 11.6 Å². The van der Waals surface area contributed by atoms with Gasteiger partial charge in [0.1, 0.15) is 0 Å². The van der Waals surface area contributed by atoms with E-state index in [1.807, 2.05) is 5.01 Å². The SMILES string of the molecule is CC(C)N1N=NC2C(Cl)=CC=NC21. The standard InChI is InChI=1S/C8H11ClN4/c1-5(2)13-8-7(11-12-13)6(9)3-4-10-8/h3-5,7-8H,1-2H3. The monoisotopic (exact) mass is 198 g/mol. The van der Waals surface area contributed by atoms with Crippen LogP contribution in [0.1, 0.15) is 13.8 Å². The Morgan fingerprint density at radius 3 is 3.00 bits per heavy atom. The first-order valence-electron chi connectivity index (χ1n) is 4.28. The van der Waals surface area contributed by atoms with Gasteiger partial charge >= 0.3 is 0 Å². The third-order valence-electron chi connectivity index (χ3n) is 2.12. The lowest BCUT2D eigenvalue weighted by molar-refractivity contribution is 0.184. The Hall–Kier alpha value is -0.900. The molecule has 2 aliphatic rings. The zero-order valence-corrected chi connectivity index (χ0v) is 8.31. The number of dihydropyridines is 1. The Morgan fingerprint density at radius 2 is 2.31 bits per heavy atom. The van der Waals surface area contributed by atoms with Gasteiger partial charge in [-0.2, -0.15) is 5.11 Å². The highest BCUT2D eigenvalue weighted by Crippen LogP contribution is 2.29. The van der Waals surface area contributed by atoms with Gasteiger partial charge in [-0.3, -0.25) is 4.99 Å². The predicted octanol–water partition coefficient (Wildman–Crippen LogP) is 1.98. The van der Waals surface area contributed by atoms with Crippen molar-refractivity contribution in [2.24, 2.45) is 15.3 Å². The Balaban J connectivity index is 2.23. The molecule has 0 saturated carbocycles. The topological polar surface area (TPSA) is 40.3 Å². The average molecular weight is 199 g/mol. The first-order chi connectivity index (χ1) is 6.20. The smallest absolute Gasteiger partial charge is 0.167 e. The van der Waals surface area contributed by atoms with Crippen LogP contribution in [0.15, 0.2) is 26.4 Å². The molecular formula is C8H11ClN4. The van der Waals surface area contributed by atoms with Crippen molar-refractivity contribution in [3.63, 3.8) is 0 Å². The van der Waals surface area contributed by atoms with Crippen LogP contribution in [0.5, 0.6) is 0 Å². The molecule has 13 heavy (non-hydrogen) atoms. The van der Waals surface area contributed by atoms with Crippen LogP contribution in [0.2, 0.25) is 0 Å². The van der Waals surface area contributed by atoms with Gasteiger partial charge in [0.05, 0.1) is 5.03 Å². The normalized spacial score (nSPS) is 31.1. The number of halogens is 1. The van der Waals surface area contributed by atoms with Gasteiger partial charge in [-0.25, -0.2) is 5.01 Å². The van der Waals surface area contributed by atoms with E-state index in [1.54, 1.807) is 12.3 Å². The van der Waals surface area contributed by atoms with Crippen molar-refractivity contribution in [3.8, 4) is 0 Å². The van der Waals surface area contributed by atoms with Crippen molar-refractivity contribution < 1.29 is 0 Å². The Kier molecular flexibility index (Phi) is 2.07. The minimum atomic E-state index is -0.0888. The lowest BCUT2D eigenvalue weighted by Gasteiger charge is -2.26. The predicted molar refractivity (Wildman–Crippen MR) is 51.8 cm³/mol. The number of hydrogen-bond donors (Lipinski definition) is 0. The summed E-state index contributed by atoms with van der Waals surface area (Å²) in [7, 11) is 0. The minimum Gasteiger partial charge on any atom is -0.264 e. The van der Waals surface area contributed by atoms with Gasteiger partial charge in [0.2, 0.25) is 0 Å². The van der Waals surface area contributed by atoms with Crippen LogP contribution in [0.3, 0.4) is 0 Å². The quantitative estimate of drug-likeness (QED) is 0.635. The number of hydrogen-bond acceptors (Lipinski definition) is 4. The molecule has 2 atom stereocenters. The summed E-state index contributed by atoms with van der Waals surface area (Å²) in [6.07, 6.45) is 3.46. The van der Waals surface area contributed by atoms with Crippen LogP contribution in [0, 0.1) is 0 Å². The van der Waals surface area contributed by atoms with E-state index in [9.17, 15) is 0 Å². The van der Waals surface area contributed by atoms with Crippen LogP contribution in [0.25, 0.3) is 0 Å². The molecule has 0 aromatic carbocycles. The third kappa shape index (κ3) is 1.35. The van der Waals surface area contributed by atoms with Crippen molar-refractivity contribution in [3.05, 3.63) is 11.1 Å². The summed E-state index contributed by atoms with van der Waals surface area (Å²) < 4.78 is 0. The van der Waals surface area contributed by atoms with Crippen LogP contribution in [-0.4, -0.2) is 29.5 Å². The molecule has 2 unspecified atom stereocenters. The van der Waals surface area contributed by atoms with Gasteiger partial charge in [-0.05, 0) is 19.9 Å². The molecule has 0 fully saturated rings. The molecule has 2 rings (SSSR count). The maximum Gasteiger partial charge on any atom is 0.167 e. The Labute approximate surface area is 82.0 Å². The van der Waals surface area contributed by atoms with E-state index >= 15 is 0 Å². The molecule has 0 saturated heterocycles. The molecule has 0 aromatic rings. The fraction of sp³-hybridized carbons (Fsp3) is 0.625. The fourth-order valence-corrected chi connectivity index (χ4v) is 1.64. The van der Waals surface area contributed by atoms with Gasteiger partial charge in [0.25, 0.3) is 0 Å². The fourth-order valence-electron chi connectivity index (χ4n) is 1.43. The van der Waals surface area contributed by atoms with Gasteiger partial charge in [0, 0.05) is 12.3 Å². The Morgan fingerprint density at radius 1 is 1.54 bits per heavy atom. The number of aliphatic imine (C=N–C) groups is 1. The molecule has 2 aliphatic heterocycles. The molecule has 4 nitrogen and oxygen atoms in total. The summed E-state index contributed by atoms with van der Waals surface area (Å²) in [4.78, 5) is 4.30. The summed E-state index contributed by atoms with van der Waals surface area (Å²) in [6, 6.07) is 0.215. The highest BCUT2D eigenvalue weighted by atomic mass is 35.5. The van der Waals surface area contributed by atoms with Crippen molar-refractivity contribution in [1.82, 2.24) is 5.01 Å². The molecule has 70 valence electrons. The lowest BCUT2D eigenvalue weighted by Crippen LogP contribution is -2.38. The summed E-state index contributed by atoms with van der Waals surface area (Å²) >= 11 is 5.98. The van der Waals surface area contributed by atoms with E-state index in [0.717, 1.165) is 0 Å². The lowest BCUT2D eigenvalue weighted by atomic mass is 10.1. The molecule has 2 heterocycles. The first-order valence-corrected chi connectivity index (χ1v) is 4.66.